The SMILES string of the molecule is CSSC1=NCCC=C1. The van der Waals surface area contributed by atoms with Gasteiger partial charge in [0, 0.05) is 6.54 Å². The Morgan fingerprint density at radius 3 is 3.11 bits per heavy atom. The highest BCUT2D eigenvalue weighted by atomic mass is 33.1. The lowest BCUT2D eigenvalue weighted by Gasteiger charge is -2.01. The molecule has 50 valence electrons. The molecule has 0 aromatic rings. The van der Waals surface area contributed by atoms with Crippen molar-refractivity contribution in [1.29, 1.82) is 0 Å². The van der Waals surface area contributed by atoms with Crippen LogP contribution in [0.25, 0.3) is 0 Å². The zero-order chi connectivity index (χ0) is 6.53. The molecule has 1 rings (SSSR count). The molecule has 0 saturated heterocycles. The van der Waals surface area contributed by atoms with Crippen LogP contribution >= 0.6 is 21.6 Å². The van der Waals surface area contributed by atoms with Crippen LogP contribution in [-0.4, -0.2) is 17.8 Å². The Labute approximate surface area is 63.4 Å². The van der Waals surface area contributed by atoms with Gasteiger partial charge in [-0.2, -0.15) is 0 Å². The first-order valence-corrected chi connectivity index (χ1v) is 5.41. The van der Waals surface area contributed by atoms with Crippen LogP contribution in [-0.2, 0) is 0 Å². The zero-order valence-corrected chi connectivity index (χ0v) is 6.97. The normalized spacial score (nSPS) is 17.7. The summed E-state index contributed by atoms with van der Waals surface area (Å²) in [6.07, 6.45) is 7.43. The number of hydrogen-bond donors (Lipinski definition) is 0. The van der Waals surface area contributed by atoms with Gasteiger partial charge in [0.1, 0.15) is 5.04 Å². The lowest BCUT2D eigenvalue weighted by Crippen LogP contribution is -1.92. The van der Waals surface area contributed by atoms with E-state index in [2.05, 4.69) is 23.4 Å². The summed E-state index contributed by atoms with van der Waals surface area (Å²) in [5.74, 6) is 0. The molecule has 0 spiro atoms. The maximum absolute atomic E-state index is 4.29. The van der Waals surface area contributed by atoms with Gasteiger partial charge in [-0.15, -0.1) is 0 Å². The van der Waals surface area contributed by atoms with Crippen molar-refractivity contribution >= 4 is 26.6 Å². The van der Waals surface area contributed by atoms with E-state index in [1.54, 1.807) is 21.6 Å². The Hall–Kier alpha value is 0.110. The summed E-state index contributed by atoms with van der Waals surface area (Å²) < 4.78 is 0. The molecule has 0 unspecified atom stereocenters. The van der Waals surface area contributed by atoms with Gasteiger partial charge in [0.25, 0.3) is 0 Å². The fourth-order valence-electron chi connectivity index (χ4n) is 0.626. The molecule has 0 saturated carbocycles. The van der Waals surface area contributed by atoms with Crippen molar-refractivity contribution in [3.63, 3.8) is 0 Å². The molecular weight excluding hydrogens is 150 g/mol. The topological polar surface area (TPSA) is 12.4 Å². The molecule has 0 fully saturated rings. The summed E-state index contributed by atoms with van der Waals surface area (Å²) in [5, 5.41) is 1.16. The van der Waals surface area contributed by atoms with E-state index >= 15 is 0 Å². The first-order chi connectivity index (χ1) is 4.43. The van der Waals surface area contributed by atoms with Crippen molar-refractivity contribution < 1.29 is 0 Å². The lowest BCUT2D eigenvalue weighted by molar-refractivity contribution is 1.000. The first-order valence-electron chi connectivity index (χ1n) is 2.85. The Balaban J connectivity index is 2.38. The van der Waals surface area contributed by atoms with Crippen molar-refractivity contribution in [3.05, 3.63) is 12.2 Å². The van der Waals surface area contributed by atoms with Crippen LogP contribution in [0.3, 0.4) is 0 Å². The van der Waals surface area contributed by atoms with Crippen LogP contribution in [0.1, 0.15) is 6.42 Å². The van der Waals surface area contributed by atoms with Crippen molar-refractivity contribution in [2.45, 2.75) is 6.42 Å². The second-order valence-corrected chi connectivity index (χ2v) is 4.08. The Morgan fingerprint density at radius 2 is 2.56 bits per heavy atom. The molecule has 1 aliphatic rings. The van der Waals surface area contributed by atoms with Crippen LogP contribution in [0.2, 0.25) is 0 Å². The molecule has 0 radical (unpaired) electrons. The second-order valence-electron chi connectivity index (χ2n) is 1.66. The zero-order valence-electron chi connectivity index (χ0n) is 5.33. The van der Waals surface area contributed by atoms with Gasteiger partial charge in [0.15, 0.2) is 0 Å². The van der Waals surface area contributed by atoms with E-state index in [4.69, 9.17) is 0 Å². The molecule has 0 aromatic heterocycles. The van der Waals surface area contributed by atoms with Crippen molar-refractivity contribution in [2.24, 2.45) is 4.99 Å². The Kier molecular flexibility index (Phi) is 3.22. The van der Waals surface area contributed by atoms with Crippen LogP contribution < -0.4 is 0 Å². The third kappa shape index (κ3) is 2.45. The van der Waals surface area contributed by atoms with Crippen LogP contribution in [0.4, 0.5) is 0 Å². The first kappa shape index (κ1) is 7.22. The summed E-state index contributed by atoms with van der Waals surface area (Å²) >= 11 is 0. The molecule has 0 N–H and O–H groups in total. The molecule has 1 heterocycles. The number of dihydropyridines is 1. The molecule has 0 amide bonds. The summed E-state index contributed by atoms with van der Waals surface area (Å²) in [7, 11) is 3.47. The number of rotatable bonds is 1. The molecule has 9 heavy (non-hydrogen) atoms. The maximum atomic E-state index is 4.29. The van der Waals surface area contributed by atoms with E-state index in [1.807, 2.05) is 0 Å². The monoisotopic (exact) mass is 159 g/mol. The van der Waals surface area contributed by atoms with Crippen LogP contribution in [0.15, 0.2) is 17.1 Å². The van der Waals surface area contributed by atoms with Gasteiger partial charge < -0.3 is 0 Å². The van der Waals surface area contributed by atoms with Gasteiger partial charge in [-0.1, -0.05) is 16.9 Å². The highest BCUT2D eigenvalue weighted by molar-refractivity contribution is 8.82. The van der Waals surface area contributed by atoms with Crippen molar-refractivity contribution in [1.82, 2.24) is 0 Å². The van der Waals surface area contributed by atoms with E-state index in [1.165, 1.54) is 0 Å². The highest BCUT2D eigenvalue weighted by Crippen LogP contribution is 2.21. The fraction of sp³-hybridized carbons (Fsp3) is 0.500. The van der Waals surface area contributed by atoms with E-state index in [9.17, 15) is 0 Å². The van der Waals surface area contributed by atoms with E-state index in [0.29, 0.717) is 0 Å². The summed E-state index contributed by atoms with van der Waals surface area (Å²) in [6, 6.07) is 0. The average Bonchev–Trinajstić information content (AvgIpc) is 1.91. The molecular formula is C6H9NS2. The van der Waals surface area contributed by atoms with Gasteiger partial charge in [0.2, 0.25) is 0 Å². The molecule has 0 bridgehead atoms. The molecule has 1 nitrogen and oxygen atoms in total. The van der Waals surface area contributed by atoms with Gasteiger partial charge in [0.05, 0.1) is 0 Å². The largest absolute Gasteiger partial charge is 0.277 e. The number of hydrogen-bond acceptors (Lipinski definition) is 3. The standard InChI is InChI=1S/C6H9NS2/c1-8-9-6-4-2-3-5-7-6/h2,4H,3,5H2,1H3. The van der Waals surface area contributed by atoms with Crippen molar-refractivity contribution in [3.8, 4) is 0 Å². The van der Waals surface area contributed by atoms with Gasteiger partial charge >= 0.3 is 0 Å². The quantitative estimate of drug-likeness (QED) is 0.544. The van der Waals surface area contributed by atoms with E-state index in [0.717, 1.165) is 18.0 Å². The van der Waals surface area contributed by atoms with Crippen LogP contribution in [0, 0.1) is 0 Å². The molecule has 3 heteroatoms. The smallest absolute Gasteiger partial charge is 0.101 e. The Bertz CT molecular complexity index is 140. The van der Waals surface area contributed by atoms with Gasteiger partial charge in [-0.25, -0.2) is 0 Å². The van der Waals surface area contributed by atoms with Crippen molar-refractivity contribution in [2.75, 3.05) is 12.8 Å². The minimum absolute atomic E-state index is 0.972. The van der Waals surface area contributed by atoms with E-state index in [-0.39, 0.29) is 0 Å². The number of nitrogens with zero attached hydrogens (tertiary/aromatic N) is 1. The molecule has 0 atom stereocenters. The molecule has 0 aliphatic carbocycles. The Morgan fingerprint density at radius 1 is 1.67 bits per heavy atom. The minimum atomic E-state index is 0.972. The lowest BCUT2D eigenvalue weighted by atomic mass is 10.3. The summed E-state index contributed by atoms with van der Waals surface area (Å²) in [5.41, 5.74) is 0. The third-order valence-electron chi connectivity index (χ3n) is 0.993. The predicted molar refractivity (Wildman–Crippen MR) is 47.2 cm³/mol. The molecule has 0 aromatic carbocycles. The fourth-order valence-corrected chi connectivity index (χ4v) is 1.93. The number of aliphatic imine (C=N–C) groups is 1. The maximum Gasteiger partial charge on any atom is 0.101 e. The van der Waals surface area contributed by atoms with Crippen LogP contribution in [0.5, 0.6) is 0 Å². The third-order valence-corrected chi connectivity index (χ3v) is 2.61. The second kappa shape index (κ2) is 4.01. The summed E-state index contributed by atoms with van der Waals surface area (Å²) in [6.45, 7) is 0.972. The van der Waals surface area contributed by atoms with Gasteiger partial charge in [-0.3, -0.25) is 4.99 Å². The average molecular weight is 159 g/mol. The van der Waals surface area contributed by atoms with E-state index < -0.39 is 0 Å². The minimum Gasteiger partial charge on any atom is -0.277 e. The predicted octanol–water partition coefficient (Wildman–Crippen LogP) is 2.36. The highest BCUT2D eigenvalue weighted by Gasteiger charge is 1.96. The van der Waals surface area contributed by atoms with Gasteiger partial charge in [-0.05, 0) is 29.5 Å². The summed E-state index contributed by atoms with van der Waals surface area (Å²) in [4.78, 5) is 4.29. The molecule has 1 aliphatic heterocycles.